The number of rotatable bonds is 5. The Balaban J connectivity index is 2.14. The summed E-state index contributed by atoms with van der Waals surface area (Å²) in [4.78, 5) is 10.9. The minimum Gasteiger partial charge on any atom is -0.497 e. The SMILES string of the molecule is COc1ccc(OS(=S)c2cccc([N+](=O)[O-])c2)cc1. The molecular formula is C13H11NO4S2. The van der Waals surface area contributed by atoms with Crippen molar-refractivity contribution < 1.29 is 13.8 Å². The van der Waals surface area contributed by atoms with E-state index in [-0.39, 0.29) is 5.69 Å². The van der Waals surface area contributed by atoms with E-state index in [2.05, 4.69) is 0 Å². The minimum atomic E-state index is -0.982. The fourth-order valence-corrected chi connectivity index (χ4v) is 2.80. The van der Waals surface area contributed by atoms with Crippen molar-refractivity contribution in [3.05, 3.63) is 58.6 Å². The summed E-state index contributed by atoms with van der Waals surface area (Å²) < 4.78 is 10.6. The Hall–Kier alpha value is -1.99. The average Bonchev–Trinajstić information content (AvgIpc) is 2.48. The molecule has 0 bridgehead atoms. The summed E-state index contributed by atoms with van der Waals surface area (Å²) >= 11 is 5.24. The Kier molecular flexibility index (Phi) is 4.65. The van der Waals surface area contributed by atoms with Crippen molar-refractivity contribution in [3.63, 3.8) is 0 Å². The Morgan fingerprint density at radius 1 is 1.15 bits per heavy atom. The molecule has 0 spiro atoms. The molecule has 7 heteroatoms. The minimum absolute atomic E-state index is 0.00295. The molecule has 20 heavy (non-hydrogen) atoms. The molecule has 1 atom stereocenters. The van der Waals surface area contributed by atoms with Crippen molar-refractivity contribution in [1.82, 2.24) is 0 Å². The number of methoxy groups -OCH3 is 1. The van der Waals surface area contributed by atoms with E-state index in [4.69, 9.17) is 20.1 Å². The zero-order valence-corrected chi connectivity index (χ0v) is 12.1. The standard InChI is InChI=1S/C13H11NO4S2/c1-17-11-5-7-12(8-6-11)18-20(19)13-4-2-3-10(9-13)14(15)16/h2-9H,1H3. The molecule has 0 aromatic heterocycles. The van der Waals surface area contributed by atoms with Crippen LogP contribution < -0.4 is 8.92 Å². The second-order valence-electron chi connectivity index (χ2n) is 3.75. The Labute approximate surface area is 123 Å². The van der Waals surface area contributed by atoms with Gasteiger partial charge in [-0.15, -0.1) is 0 Å². The van der Waals surface area contributed by atoms with Crippen LogP contribution in [-0.2, 0) is 20.9 Å². The maximum absolute atomic E-state index is 10.7. The largest absolute Gasteiger partial charge is 0.497 e. The van der Waals surface area contributed by atoms with Crippen LogP contribution in [-0.4, -0.2) is 12.0 Å². The van der Waals surface area contributed by atoms with E-state index in [1.165, 1.54) is 12.1 Å². The maximum atomic E-state index is 10.7. The molecule has 0 fully saturated rings. The fraction of sp³-hybridized carbons (Fsp3) is 0.0769. The molecule has 2 rings (SSSR count). The summed E-state index contributed by atoms with van der Waals surface area (Å²) in [5, 5.41) is 10.7. The van der Waals surface area contributed by atoms with Gasteiger partial charge in [-0.2, -0.15) is 0 Å². The zero-order valence-electron chi connectivity index (χ0n) is 10.5. The van der Waals surface area contributed by atoms with Crippen molar-refractivity contribution >= 4 is 26.6 Å². The first kappa shape index (κ1) is 14.4. The van der Waals surface area contributed by atoms with Crippen LogP contribution in [0.2, 0.25) is 0 Å². The molecule has 2 aromatic rings. The van der Waals surface area contributed by atoms with Gasteiger partial charge in [0.15, 0.2) is 0 Å². The number of nitro benzene ring substituents is 1. The van der Waals surface area contributed by atoms with Gasteiger partial charge in [0, 0.05) is 12.1 Å². The smallest absolute Gasteiger partial charge is 0.270 e. The van der Waals surface area contributed by atoms with E-state index in [1.807, 2.05) is 0 Å². The van der Waals surface area contributed by atoms with Gasteiger partial charge in [-0.1, -0.05) is 6.07 Å². The number of hydrogen-bond acceptors (Lipinski definition) is 5. The van der Waals surface area contributed by atoms with Crippen LogP contribution >= 0.6 is 0 Å². The van der Waals surface area contributed by atoms with E-state index in [0.29, 0.717) is 10.6 Å². The van der Waals surface area contributed by atoms with Crippen LogP contribution in [0.3, 0.4) is 0 Å². The molecule has 5 nitrogen and oxygen atoms in total. The van der Waals surface area contributed by atoms with Gasteiger partial charge in [-0.25, -0.2) is 0 Å². The molecule has 0 saturated heterocycles. The number of hydrogen-bond donors (Lipinski definition) is 0. The molecule has 2 aromatic carbocycles. The molecule has 0 saturated carbocycles. The monoisotopic (exact) mass is 309 g/mol. The number of benzene rings is 2. The summed E-state index contributed by atoms with van der Waals surface area (Å²) in [5.74, 6) is 1.31. The highest BCUT2D eigenvalue weighted by Gasteiger charge is 2.09. The molecule has 0 aliphatic carbocycles. The molecular weight excluding hydrogens is 298 g/mol. The molecule has 0 N–H and O–H groups in total. The fourth-order valence-electron chi connectivity index (χ4n) is 1.47. The van der Waals surface area contributed by atoms with Crippen molar-refractivity contribution in [2.45, 2.75) is 4.90 Å². The van der Waals surface area contributed by atoms with Crippen LogP contribution in [0.1, 0.15) is 0 Å². The topological polar surface area (TPSA) is 61.6 Å². The van der Waals surface area contributed by atoms with Crippen molar-refractivity contribution in [2.75, 3.05) is 7.11 Å². The highest BCUT2D eigenvalue weighted by atomic mass is 32.8. The second kappa shape index (κ2) is 6.44. The lowest BCUT2D eigenvalue weighted by Crippen LogP contribution is -2.00. The Morgan fingerprint density at radius 2 is 1.80 bits per heavy atom. The first-order valence-electron chi connectivity index (χ1n) is 5.59. The lowest BCUT2D eigenvalue weighted by atomic mass is 10.3. The number of non-ortho nitro benzene ring substituents is 1. The van der Waals surface area contributed by atoms with Crippen molar-refractivity contribution in [2.24, 2.45) is 0 Å². The van der Waals surface area contributed by atoms with E-state index >= 15 is 0 Å². The Bertz CT molecular complexity index is 643. The lowest BCUT2D eigenvalue weighted by Gasteiger charge is -2.08. The third kappa shape index (κ3) is 3.52. The molecule has 0 radical (unpaired) electrons. The summed E-state index contributed by atoms with van der Waals surface area (Å²) in [6.07, 6.45) is 0. The van der Waals surface area contributed by atoms with Gasteiger partial charge < -0.3 is 8.92 Å². The maximum Gasteiger partial charge on any atom is 0.270 e. The van der Waals surface area contributed by atoms with E-state index in [0.717, 1.165) is 5.75 Å². The summed E-state index contributed by atoms with van der Waals surface area (Å²) in [5.41, 5.74) is 0.00295. The van der Waals surface area contributed by atoms with Gasteiger partial charge in [0.05, 0.1) is 26.7 Å². The quantitative estimate of drug-likeness (QED) is 0.627. The van der Waals surface area contributed by atoms with Gasteiger partial charge in [-0.3, -0.25) is 10.1 Å². The third-order valence-corrected chi connectivity index (χ3v) is 4.22. The Morgan fingerprint density at radius 3 is 2.40 bits per heavy atom. The number of nitro groups is 1. The molecule has 0 heterocycles. The molecule has 0 aliphatic heterocycles. The molecule has 1 unspecified atom stereocenters. The van der Waals surface area contributed by atoms with Gasteiger partial charge >= 0.3 is 0 Å². The average molecular weight is 309 g/mol. The predicted molar refractivity (Wildman–Crippen MR) is 79.7 cm³/mol. The summed E-state index contributed by atoms with van der Waals surface area (Å²) in [6.45, 7) is 0. The van der Waals surface area contributed by atoms with Crippen LogP contribution in [0.15, 0.2) is 53.4 Å². The van der Waals surface area contributed by atoms with E-state index in [1.54, 1.807) is 43.5 Å². The summed E-state index contributed by atoms with van der Waals surface area (Å²) in [7, 11) is 0.598. The van der Waals surface area contributed by atoms with Gasteiger partial charge in [0.2, 0.25) is 0 Å². The molecule has 104 valence electrons. The van der Waals surface area contributed by atoms with Crippen LogP contribution in [0, 0.1) is 10.1 Å². The van der Waals surface area contributed by atoms with Crippen LogP contribution in [0.5, 0.6) is 11.5 Å². The van der Waals surface area contributed by atoms with Crippen LogP contribution in [0.4, 0.5) is 5.69 Å². The zero-order chi connectivity index (χ0) is 14.5. The first-order chi connectivity index (χ1) is 9.60. The second-order valence-corrected chi connectivity index (χ2v) is 5.76. The number of ether oxygens (including phenoxy) is 1. The van der Waals surface area contributed by atoms with Crippen molar-refractivity contribution in [3.8, 4) is 11.5 Å². The van der Waals surface area contributed by atoms with Gasteiger partial charge in [0.1, 0.15) is 11.5 Å². The summed E-state index contributed by atoms with van der Waals surface area (Å²) in [6, 6.07) is 13.2. The predicted octanol–water partition coefficient (Wildman–Crippen LogP) is 3.04. The highest BCUT2D eigenvalue weighted by molar-refractivity contribution is 8.26. The normalized spacial score (nSPS) is 11.7. The van der Waals surface area contributed by atoms with Crippen LogP contribution in [0.25, 0.3) is 0 Å². The number of nitrogens with zero attached hydrogens (tertiary/aromatic N) is 1. The van der Waals surface area contributed by atoms with Crippen molar-refractivity contribution in [1.29, 1.82) is 0 Å². The van der Waals surface area contributed by atoms with Gasteiger partial charge in [-0.05, 0) is 41.5 Å². The van der Waals surface area contributed by atoms with E-state index in [9.17, 15) is 10.1 Å². The van der Waals surface area contributed by atoms with Gasteiger partial charge in [0.25, 0.3) is 5.69 Å². The van der Waals surface area contributed by atoms with E-state index < -0.39 is 14.7 Å². The molecule has 0 amide bonds. The first-order valence-corrected chi connectivity index (χ1v) is 7.66. The lowest BCUT2D eigenvalue weighted by molar-refractivity contribution is -0.385. The molecule has 0 aliphatic rings. The third-order valence-electron chi connectivity index (χ3n) is 2.45. The highest BCUT2D eigenvalue weighted by Crippen LogP contribution is 2.21.